The van der Waals surface area contributed by atoms with Crippen LogP contribution in [-0.2, 0) is 11.3 Å². The van der Waals surface area contributed by atoms with Crippen molar-refractivity contribution in [3.8, 4) is 0 Å². The summed E-state index contributed by atoms with van der Waals surface area (Å²) in [6.45, 7) is 11.5. The van der Waals surface area contributed by atoms with Crippen molar-refractivity contribution in [3.05, 3.63) is 23.9 Å². The molecule has 1 heterocycles. The second kappa shape index (κ2) is 15.2. The first-order valence-corrected chi connectivity index (χ1v) is 8.97. The largest absolute Gasteiger partial charge is 0.382 e. The van der Waals surface area contributed by atoms with E-state index in [1.54, 1.807) is 7.05 Å². The standard InChI is InChI=1S/C18H33N5O.HI/c1-5-23(6-2)17-11-10-16(14-21-17)15-22-18(19-4)20-12-8-9-13-24-7-3;/h10-11,14H,5-9,12-13,15H2,1-4H3,(H2,19,20,22);1H. The van der Waals surface area contributed by atoms with Crippen molar-refractivity contribution in [2.75, 3.05) is 44.8 Å². The maximum absolute atomic E-state index is 5.33. The number of aliphatic imine (C=N–C) groups is 1. The van der Waals surface area contributed by atoms with Gasteiger partial charge in [-0.25, -0.2) is 4.98 Å². The Balaban J connectivity index is 0.00000576. The summed E-state index contributed by atoms with van der Waals surface area (Å²) in [5.74, 6) is 1.85. The normalized spacial score (nSPS) is 11.0. The predicted molar refractivity (Wildman–Crippen MR) is 117 cm³/mol. The number of pyridine rings is 1. The minimum atomic E-state index is 0. The number of nitrogens with one attached hydrogen (secondary N) is 2. The summed E-state index contributed by atoms with van der Waals surface area (Å²) in [4.78, 5) is 11.0. The molecule has 0 aromatic carbocycles. The summed E-state index contributed by atoms with van der Waals surface area (Å²) in [6, 6.07) is 4.19. The van der Waals surface area contributed by atoms with Gasteiger partial charge in [0.1, 0.15) is 5.82 Å². The second-order valence-electron chi connectivity index (χ2n) is 5.45. The third-order valence-corrected chi connectivity index (χ3v) is 3.79. The molecule has 25 heavy (non-hydrogen) atoms. The summed E-state index contributed by atoms with van der Waals surface area (Å²) < 4.78 is 5.33. The van der Waals surface area contributed by atoms with Gasteiger partial charge in [-0.15, -0.1) is 24.0 Å². The van der Waals surface area contributed by atoms with Crippen LogP contribution >= 0.6 is 24.0 Å². The van der Waals surface area contributed by atoms with E-state index < -0.39 is 0 Å². The first-order valence-electron chi connectivity index (χ1n) is 8.97. The molecular formula is C18H34IN5O. The van der Waals surface area contributed by atoms with E-state index in [0.29, 0.717) is 6.54 Å². The molecule has 2 N–H and O–H groups in total. The van der Waals surface area contributed by atoms with Gasteiger partial charge in [-0.05, 0) is 45.2 Å². The molecule has 0 amide bonds. The molecule has 0 aliphatic heterocycles. The summed E-state index contributed by atoms with van der Waals surface area (Å²) in [7, 11) is 1.79. The highest BCUT2D eigenvalue weighted by atomic mass is 127. The molecule has 0 radical (unpaired) electrons. The number of anilines is 1. The van der Waals surface area contributed by atoms with Crippen molar-refractivity contribution < 1.29 is 4.74 Å². The van der Waals surface area contributed by atoms with E-state index in [1.165, 1.54) is 0 Å². The SMILES string of the molecule is CCOCCCCNC(=NC)NCc1ccc(N(CC)CC)nc1.I. The lowest BCUT2D eigenvalue weighted by Gasteiger charge is -2.19. The van der Waals surface area contributed by atoms with E-state index in [9.17, 15) is 0 Å². The van der Waals surface area contributed by atoms with Crippen molar-refractivity contribution in [2.45, 2.75) is 40.2 Å². The predicted octanol–water partition coefficient (Wildman–Crippen LogP) is 3.03. The number of halogens is 1. The summed E-state index contributed by atoms with van der Waals surface area (Å²) in [6.07, 6.45) is 4.06. The van der Waals surface area contributed by atoms with E-state index in [1.807, 2.05) is 13.1 Å². The highest BCUT2D eigenvalue weighted by Gasteiger charge is 2.03. The van der Waals surface area contributed by atoms with E-state index in [-0.39, 0.29) is 24.0 Å². The molecule has 0 aliphatic rings. The van der Waals surface area contributed by atoms with Gasteiger partial charge in [-0.3, -0.25) is 4.99 Å². The zero-order valence-corrected chi connectivity index (χ0v) is 18.4. The Morgan fingerprint density at radius 3 is 2.48 bits per heavy atom. The summed E-state index contributed by atoms with van der Waals surface area (Å²) in [5, 5.41) is 6.64. The van der Waals surface area contributed by atoms with Crippen LogP contribution in [0.15, 0.2) is 23.3 Å². The Labute approximate surface area is 169 Å². The van der Waals surface area contributed by atoms with Gasteiger partial charge >= 0.3 is 0 Å². The zero-order chi connectivity index (χ0) is 17.6. The summed E-state index contributed by atoms with van der Waals surface area (Å²) in [5.41, 5.74) is 1.14. The molecule has 0 bridgehead atoms. The van der Waals surface area contributed by atoms with Gasteiger partial charge in [0.2, 0.25) is 0 Å². The Kier molecular flexibility index (Phi) is 14.5. The number of unbranched alkanes of at least 4 members (excludes halogenated alkanes) is 1. The molecule has 0 aliphatic carbocycles. The monoisotopic (exact) mass is 463 g/mol. The van der Waals surface area contributed by atoms with Crippen LogP contribution in [0, 0.1) is 0 Å². The van der Waals surface area contributed by atoms with Crippen LogP contribution in [0.4, 0.5) is 5.82 Å². The molecule has 0 spiro atoms. The fraction of sp³-hybridized carbons (Fsp3) is 0.667. The van der Waals surface area contributed by atoms with Crippen LogP contribution in [0.5, 0.6) is 0 Å². The van der Waals surface area contributed by atoms with Gasteiger partial charge < -0.3 is 20.3 Å². The fourth-order valence-electron chi connectivity index (χ4n) is 2.34. The molecule has 1 rings (SSSR count). The number of aromatic nitrogens is 1. The van der Waals surface area contributed by atoms with Crippen LogP contribution in [0.3, 0.4) is 0 Å². The number of hydrogen-bond acceptors (Lipinski definition) is 4. The van der Waals surface area contributed by atoms with E-state index in [2.05, 4.69) is 51.5 Å². The Morgan fingerprint density at radius 1 is 1.16 bits per heavy atom. The number of guanidine groups is 1. The number of nitrogens with zero attached hydrogens (tertiary/aromatic N) is 3. The van der Waals surface area contributed by atoms with Crippen LogP contribution in [0.2, 0.25) is 0 Å². The molecule has 7 heteroatoms. The Hall–Kier alpha value is -1.09. The molecule has 1 aromatic heterocycles. The third-order valence-electron chi connectivity index (χ3n) is 3.79. The highest BCUT2D eigenvalue weighted by molar-refractivity contribution is 14.0. The van der Waals surface area contributed by atoms with Crippen LogP contribution in [0.25, 0.3) is 0 Å². The van der Waals surface area contributed by atoms with Gasteiger partial charge in [-0.2, -0.15) is 0 Å². The van der Waals surface area contributed by atoms with Gasteiger partial charge in [0.05, 0.1) is 0 Å². The lowest BCUT2D eigenvalue weighted by Crippen LogP contribution is -2.37. The molecular weight excluding hydrogens is 429 g/mol. The molecule has 0 unspecified atom stereocenters. The van der Waals surface area contributed by atoms with Gasteiger partial charge in [-0.1, -0.05) is 6.07 Å². The minimum Gasteiger partial charge on any atom is -0.382 e. The number of rotatable bonds is 11. The van der Waals surface area contributed by atoms with Crippen molar-refractivity contribution >= 4 is 35.8 Å². The smallest absolute Gasteiger partial charge is 0.191 e. The zero-order valence-electron chi connectivity index (χ0n) is 16.0. The van der Waals surface area contributed by atoms with Gasteiger partial charge in [0.25, 0.3) is 0 Å². The van der Waals surface area contributed by atoms with E-state index in [0.717, 1.165) is 63.0 Å². The second-order valence-corrected chi connectivity index (χ2v) is 5.45. The Morgan fingerprint density at radius 2 is 1.92 bits per heavy atom. The average molecular weight is 463 g/mol. The Bertz CT molecular complexity index is 463. The molecule has 0 saturated carbocycles. The molecule has 6 nitrogen and oxygen atoms in total. The topological polar surface area (TPSA) is 61.8 Å². The van der Waals surface area contributed by atoms with Gasteiger partial charge in [0.15, 0.2) is 5.96 Å². The molecule has 0 atom stereocenters. The highest BCUT2D eigenvalue weighted by Crippen LogP contribution is 2.10. The molecule has 0 fully saturated rings. The van der Waals surface area contributed by atoms with Crippen molar-refractivity contribution in [3.63, 3.8) is 0 Å². The van der Waals surface area contributed by atoms with Crippen LogP contribution in [-0.4, -0.2) is 50.8 Å². The minimum absolute atomic E-state index is 0. The molecule has 1 aromatic rings. The molecule has 144 valence electrons. The van der Waals surface area contributed by atoms with E-state index in [4.69, 9.17) is 4.74 Å². The number of ether oxygens (including phenoxy) is 1. The maximum atomic E-state index is 5.33. The van der Waals surface area contributed by atoms with Gasteiger partial charge in [0, 0.05) is 52.6 Å². The first-order chi connectivity index (χ1) is 11.7. The fourth-order valence-corrected chi connectivity index (χ4v) is 2.34. The first kappa shape index (κ1) is 23.9. The van der Waals surface area contributed by atoms with E-state index >= 15 is 0 Å². The average Bonchev–Trinajstić information content (AvgIpc) is 2.62. The van der Waals surface area contributed by atoms with Crippen LogP contribution < -0.4 is 15.5 Å². The van der Waals surface area contributed by atoms with Crippen LogP contribution in [0.1, 0.15) is 39.2 Å². The third kappa shape index (κ3) is 9.84. The lowest BCUT2D eigenvalue weighted by atomic mass is 10.2. The van der Waals surface area contributed by atoms with Crippen molar-refractivity contribution in [1.29, 1.82) is 0 Å². The van der Waals surface area contributed by atoms with Crippen molar-refractivity contribution in [1.82, 2.24) is 15.6 Å². The number of hydrogen-bond donors (Lipinski definition) is 2. The molecule has 0 saturated heterocycles. The summed E-state index contributed by atoms with van der Waals surface area (Å²) >= 11 is 0. The maximum Gasteiger partial charge on any atom is 0.191 e. The van der Waals surface area contributed by atoms with Crippen molar-refractivity contribution in [2.24, 2.45) is 4.99 Å². The lowest BCUT2D eigenvalue weighted by molar-refractivity contribution is 0.143. The quantitative estimate of drug-likeness (QED) is 0.229.